The minimum atomic E-state index is 0.0942. The predicted molar refractivity (Wildman–Crippen MR) is 82.8 cm³/mol. The molecule has 0 unspecified atom stereocenters. The summed E-state index contributed by atoms with van der Waals surface area (Å²) in [7, 11) is 1.94. The van der Waals surface area contributed by atoms with Crippen LogP contribution in [-0.2, 0) is 9.59 Å². The number of hydrogen-bond acceptors (Lipinski definition) is 3. The fraction of sp³-hybridized carbons (Fsp3) is 0.875. The van der Waals surface area contributed by atoms with Crippen molar-refractivity contribution in [3.05, 3.63) is 0 Å². The number of amides is 2. The van der Waals surface area contributed by atoms with Crippen LogP contribution in [0.5, 0.6) is 0 Å². The highest BCUT2D eigenvalue weighted by molar-refractivity contribution is 5.79. The molecule has 0 aromatic carbocycles. The largest absolute Gasteiger partial charge is 0.358 e. The van der Waals surface area contributed by atoms with Gasteiger partial charge in [0.15, 0.2) is 0 Å². The molecule has 0 spiro atoms. The molecule has 0 aliphatic heterocycles. The minimum Gasteiger partial charge on any atom is -0.358 e. The average molecular weight is 295 g/mol. The van der Waals surface area contributed by atoms with Gasteiger partial charge in [-0.2, -0.15) is 0 Å². The standard InChI is InChI=1S/C16H29N3O2/c1-16(8-3-9-16)19(2)15(21)11-18-14-6-4-13(5-7-14)10-17-12-20/h12-14,18H,3-11H2,1-2H3,(H,17,20). The second kappa shape index (κ2) is 7.25. The Morgan fingerprint density at radius 1 is 1.29 bits per heavy atom. The second-order valence-electron chi connectivity index (χ2n) is 6.93. The maximum atomic E-state index is 12.2. The normalized spacial score (nSPS) is 27.5. The van der Waals surface area contributed by atoms with Crippen molar-refractivity contribution in [1.82, 2.24) is 15.5 Å². The Hall–Kier alpha value is -1.10. The maximum absolute atomic E-state index is 12.2. The first-order valence-electron chi connectivity index (χ1n) is 8.22. The number of nitrogens with zero attached hydrogens (tertiary/aromatic N) is 1. The fourth-order valence-electron chi connectivity index (χ4n) is 3.46. The third-order valence-corrected chi connectivity index (χ3v) is 5.49. The van der Waals surface area contributed by atoms with Gasteiger partial charge in [-0.1, -0.05) is 0 Å². The number of rotatable bonds is 7. The first-order chi connectivity index (χ1) is 10.0. The lowest BCUT2D eigenvalue weighted by atomic mass is 9.77. The monoisotopic (exact) mass is 295 g/mol. The van der Waals surface area contributed by atoms with Gasteiger partial charge in [-0.05, 0) is 57.8 Å². The van der Waals surface area contributed by atoms with Crippen molar-refractivity contribution in [3.63, 3.8) is 0 Å². The van der Waals surface area contributed by atoms with Crippen molar-refractivity contribution in [2.45, 2.75) is 63.5 Å². The molecule has 2 amide bonds. The molecule has 0 saturated heterocycles. The summed E-state index contributed by atoms with van der Waals surface area (Å²) in [5.41, 5.74) is 0.0942. The van der Waals surface area contributed by atoms with E-state index in [4.69, 9.17) is 0 Å². The Labute approximate surface area is 127 Å². The van der Waals surface area contributed by atoms with Crippen molar-refractivity contribution in [2.75, 3.05) is 20.1 Å². The first kappa shape index (κ1) is 16.3. The second-order valence-corrected chi connectivity index (χ2v) is 6.93. The van der Waals surface area contributed by atoms with Crippen molar-refractivity contribution in [3.8, 4) is 0 Å². The van der Waals surface area contributed by atoms with Crippen LogP contribution in [-0.4, -0.2) is 48.9 Å². The number of likely N-dealkylation sites (N-methyl/N-ethyl adjacent to an activating group) is 1. The topological polar surface area (TPSA) is 61.4 Å². The molecule has 0 atom stereocenters. The summed E-state index contributed by atoms with van der Waals surface area (Å²) in [6.45, 7) is 3.42. The Morgan fingerprint density at radius 3 is 2.48 bits per heavy atom. The molecule has 2 rings (SSSR count). The number of nitrogens with one attached hydrogen (secondary N) is 2. The van der Waals surface area contributed by atoms with Crippen molar-refractivity contribution < 1.29 is 9.59 Å². The highest BCUT2D eigenvalue weighted by Crippen LogP contribution is 2.36. The molecule has 5 heteroatoms. The molecule has 0 aromatic heterocycles. The Kier molecular flexibility index (Phi) is 5.62. The Morgan fingerprint density at radius 2 is 1.95 bits per heavy atom. The van der Waals surface area contributed by atoms with E-state index < -0.39 is 0 Å². The van der Waals surface area contributed by atoms with Crippen LogP contribution in [0.3, 0.4) is 0 Å². The van der Waals surface area contributed by atoms with Crippen molar-refractivity contribution in [1.29, 1.82) is 0 Å². The number of carbonyl (C=O) groups is 2. The summed E-state index contributed by atoms with van der Waals surface area (Å²) >= 11 is 0. The molecule has 5 nitrogen and oxygen atoms in total. The zero-order valence-electron chi connectivity index (χ0n) is 13.4. The average Bonchev–Trinajstić information content (AvgIpc) is 2.48. The molecule has 120 valence electrons. The smallest absolute Gasteiger partial charge is 0.236 e. The summed E-state index contributed by atoms with van der Waals surface area (Å²) < 4.78 is 0. The molecule has 21 heavy (non-hydrogen) atoms. The van der Waals surface area contributed by atoms with E-state index in [0.29, 0.717) is 18.5 Å². The van der Waals surface area contributed by atoms with Gasteiger partial charge in [-0.15, -0.1) is 0 Å². The van der Waals surface area contributed by atoms with Crippen molar-refractivity contribution >= 4 is 12.3 Å². The molecule has 0 radical (unpaired) electrons. The summed E-state index contributed by atoms with van der Waals surface area (Å²) in [6.07, 6.45) is 8.72. The highest BCUT2D eigenvalue weighted by atomic mass is 16.2. The Balaban J connectivity index is 1.65. The number of hydrogen-bond donors (Lipinski definition) is 2. The highest BCUT2D eigenvalue weighted by Gasteiger charge is 2.38. The summed E-state index contributed by atoms with van der Waals surface area (Å²) in [5, 5.41) is 6.18. The third-order valence-electron chi connectivity index (χ3n) is 5.49. The third kappa shape index (κ3) is 4.19. The van der Waals surface area contributed by atoms with Gasteiger partial charge in [0.2, 0.25) is 12.3 Å². The van der Waals surface area contributed by atoms with Crippen LogP contribution in [0.15, 0.2) is 0 Å². The van der Waals surface area contributed by atoms with E-state index in [9.17, 15) is 9.59 Å². The lowest BCUT2D eigenvalue weighted by Gasteiger charge is -2.46. The zero-order valence-corrected chi connectivity index (χ0v) is 13.4. The molecule has 2 aliphatic carbocycles. The molecule has 2 fully saturated rings. The van der Waals surface area contributed by atoms with E-state index in [1.807, 2.05) is 11.9 Å². The summed E-state index contributed by atoms with van der Waals surface area (Å²) in [6, 6.07) is 0.448. The van der Waals surface area contributed by atoms with E-state index >= 15 is 0 Å². The molecular formula is C16H29N3O2. The van der Waals surface area contributed by atoms with Crippen LogP contribution in [0, 0.1) is 5.92 Å². The first-order valence-corrected chi connectivity index (χ1v) is 8.22. The predicted octanol–water partition coefficient (Wildman–Crippen LogP) is 1.28. The lowest BCUT2D eigenvalue weighted by molar-refractivity contribution is -0.137. The summed E-state index contributed by atoms with van der Waals surface area (Å²) in [4.78, 5) is 24.5. The van der Waals surface area contributed by atoms with Gasteiger partial charge < -0.3 is 15.5 Å². The van der Waals surface area contributed by atoms with Crippen LogP contribution in [0.1, 0.15) is 51.9 Å². The molecule has 2 saturated carbocycles. The van der Waals surface area contributed by atoms with Crippen LogP contribution in [0.25, 0.3) is 0 Å². The van der Waals surface area contributed by atoms with Crippen molar-refractivity contribution in [2.24, 2.45) is 5.92 Å². The minimum absolute atomic E-state index is 0.0942. The van der Waals surface area contributed by atoms with Gasteiger partial charge in [-0.25, -0.2) is 0 Å². The van der Waals surface area contributed by atoms with Crippen LogP contribution in [0.4, 0.5) is 0 Å². The van der Waals surface area contributed by atoms with Gasteiger partial charge >= 0.3 is 0 Å². The fourth-order valence-corrected chi connectivity index (χ4v) is 3.46. The molecule has 0 aromatic rings. The van der Waals surface area contributed by atoms with Crippen LogP contribution < -0.4 is 10.6 Å². The van der Waals surface area contributed by atoms with E-state index in [0.717, 1.165) is 51.5 Å². The van der Waals surface area contributed by atoms with Gasteiger partial charge in [0.1, 0.15) is 0 Å². The van der Waals surface area contributed by atoms with Gasteiger partial charge in [0, 0.05) is 25.2 Å². The van der Waals surface area contributed by atoms with Crippen LogP contribution >= 0.6 is 0 Å². The molecular weight excluding hydrogens is 266 g/mol. The SMILES string of the molecule is CN(C(=O)CNC1CCC(CNC=O)CC1)C1(C)CCC1. The van der Waals surface area contributed by atoms with Gasteiger partial charge in [0.05, 0.1) is 6.54 Å². The molecule has 2 N–H and O–H groups in total. The molecule has 2 aliphatic rings. The summed E-state index contributed by atoms with van der Waals surface area (Å²) in [5.74, 6) is 0.808. The Bertz CT molecular complexity index is 361. The molecule has 0 bridgehead atoms. The lowest BCUT2D eigenvalue weighted by Crippen LogP contribution is -2.54. The number of carbonyl (C=O) groups excluding carboxylic acids is 2. The quantitative estimate of drug-likeness (QED) is 0.696. The van der Waals surface area contributed by atoms with Gasteiger partial charge in [-0.3, -0.25) is 9.59 Å². The van der Waals surface area contributed by atoms with Crippen LogP contribution in [0.2, 0.25) is 0 Å². The van der Waals surface area contributed by atoms with E-state index in [2.05, 4.69) is 17.6 Å². The van der Waals surface area contributed by atoms with E-state index in [1.54, 1.807) is 0 Å². The zero-order chi connectivity index (χ0) is 15.3. The van der Waals surface area contributed by atoms with E-state index in [1.165, 1.54) is 6.42 Å². The van der Waals surface area contributed by atoms with Gasteiger partial charge in [0.25, 0.3) is 0 Å². The van der Waals surface area contributed by atoms with E-state index in [-0.39, 0.29) is 11.4 Å². The maximum Gasteiger partial charge on any atom is 0.236 e. The molecule has 0 heterocycles.